The number of carbonyl (C=O) groups is 2. The van der Waals surface area contributed by atoms with Gasteiger partial charge in [0.1, 0.15) is 5.75 Å². The molecule has 0 aliphatic carbocycles. The van der Waals surface area contributed by atoms with Gasteiger partial charge in [-0.1, -0.05) is 0 Å². The number of methoxy groups -OCH3 is 1. The molecule has 1 aromatic heterocycles. The monoisotopic (exact) mass is 361 g/mol. The zero-order valence-electron chi connectivity index (χ0n) is 14.5. The molecule has 1 heterocycles. The molecule has 2 N–H and O–H groups in total. The van der Waals surface area contributed by atoms with Gasteiger partial charge in [-0.2, -0.15) is 0 Å². The van der Waals surface area contributed by atoms with Crippen molar-refractivity contribution in [3.05, 3.63) is 34.7 Å². The van der Waals surface area contributed by atoms with E-state index in [4.69, 9.17) is 4.74 Å². The standard InChI is InChI=1S/C18H23N3O3S/c1-13(22)19-10-3-11-20-17(23)8-9-18-21-16(12-25-18)14-4-6-15(24-2)7-5-14/h4-7,12H,3,8-11H2,1-2H3,(H,19,22)(H,20,23). The number of hydrogen-bond donors (Lipinski definition) is 2. The third kappa shape index (κ3) is 6.54. The van der Waals surface area contributed by atoms with Crippen molar-refractivity contribution < 1.29 is 14.3 Å². The van der Waals surface area contributed by atoms with Crippen LogP contribution in [0.3, 0.4) is 0 Å². The van der Waals surface area contributed by atoms with Gasteiger partial charge in [0.2, 0.25) is 11.8 Å². The molecule has 0 unspecified atom stereocenters. The average Bonchev–Trinajstić information content (AvgIpc) is 3.08. The van der Waals surface area contributed by atoms with Crippen molar-refractivity contribution in [3.8, 4) is 17.0 Å². The van der Waals surface area contributed by atoms with Gasteiger partial charge in [0.15, 0.2) is 0 Å². The van der Waals surface area contributed by atoms with Gasteiger partial charge in [-0.15, -0.1) is 11.3 Å². The minimum absolute atomic E-state index is 0.00372. The molecule has 0 saturated carbocycles. The first-order chi connectivity index (χ1) is 12.1. The predicted molar refractivity (Wildman–Crippen MR) is 98.7 cm³/mol. The van der Waals surface area contributed by atoms with E-state index in [-0.39, 0.29) is 11.8 Å². The van der Waals surface area contributed by atoms with E-state index < -0.39 is 0 Å². The summed E-state index contributed by atoms with van der Waals surface area (Å²) in [5.74, 6) is 0.765. The molecule has 2 amide bonds. The smallest absolute Gasteiger partial charge is 0.220 e. The Morgan fingerprint density at radius 1 is 1.16 bits per heavy atom. The number of ether oxygens (including phenoxy) is 1. The first-order valence-electron chi connectivity index (χ1n) is 8.18. The summed E-state index contributed by atoms with van der Waals surface area (Å²) < 4.78 is 5.15. The van der Waals surface area contributed by atoms with E-state index in [1.54, 1.807) is 18.4 Å². The molecule has 0 saturated heterocycles. The van der Waals surface area contributed by atoms with E-state index in [1.807, 2.05) is 29.6 Å². The lowest BCUT2D eigenvalue weighted by molar-refractivity contribution is -0.121. The maximum atomic E-state index is 11.8. The van der Waals surface area contributed by atoms with Crippen molar-refractivity contribution in [2.24, 2.45) is 0 Å². The maximum absolute atomic E-state index is 11.8. The molecule has 25 heavy (non-hydrogen) atoms. The lowest BCUT2D eigenvalue weighted by atomic mass is 10.2. The van der Waals surface area contributed by atoms with Crippen LogP contribution >= 0.6 is 11.3 Å². The van der Waals surface area contributed by atoms with Gasteiger partial charge in [0.05, 0.1) is 17.8 Å². The minimum Gasteiger partial charge on any atom is -0.497 e. The Morgan fingerprint density at radius 3 is 2.56 bits per heavy atom. The molecule has 0 radical (unpaired) electrons. The van der Waals surface area contributed by atoms with E-state index >= 15 is 0 Å². The molecule has 7 heteroatoms. The van der Waals surface area contributed by atoms with Crippen molar-refractivity contribution in [2.75, 3.05) is 20.2 Å². The summed E-state index contributed by atoms with van der Waals surface area (Å²) >= 11 is 1.56. The van der Waals surface area contributed by atoms with Crippen LogP contribution in [-0.2, 0) is 16.0 Å². The highest BCUT2D eigenvalue weighted by atomic mass is 32.1. The molecule has 2 rings (SSSR count). The highest BCUT2D eigenvalue weighted by molar-refractivity contribution is 7.09. The van der Waals surface area contributed by atoms with Gasteiger partial charge in [0.25, 0.3) is 0 Å². The summed E-state index contributed by atoms with van der Waals surface area (Å²) in [5.41, 5.74) is 1.95. The zero-order valence-corrected chi connectivity index (χ0v) is 15.3. The van der Waals surface area contributed by atoms with Crippen molar-refractivity contribution in [1.82, 2.24) is 15.6 Å². The largest absolute Gasteiger partial charge is 0.497 e. The van der Waals surface area contributed by atoms with E-state index in [1.165, 1.54) is 6.92 Å². The Hall–Kier alpha value is -2.41. The molecule has 1 aromatic carbocycles. The van der Waals surface area contributed by atoms with Gasteiger partial charge in [-0.3, -0.25) is 9.59 Å². The number of benzene rings is 1. The molecular formula is C18H23N3O3S. The van der Waals surface area contributed by atoms with Crippen LogP contribution in [-0.4, -0.2) is 37.0 Å². The molecule has 134 valence electrons. The normalized spacial score (nSPS) is 10.3. The van der Waals surface area contributed by atoms with E-state index in [0.29, 0.717) is 25.9 Å². The third-order valence-corrected chi connectivity index (χ3v) is 4.46. The first-order valence-corrected chi connectivity index (χ1v) is 9.06. The van der Waals surface area contributed by atoms with Crippen LogP contribution in [0.1, 0.15) is 24.8 Å². The minimum atomic E-state index is -0.0530. The molecule has 0 atom stereocenters. The molecule has 0 bridgehead atoms. The van der Waals surface area contributed by atoms with Crippen molar-refractivity contribution in [3.63, 3.8) is 0 Å². The van der Waals surface area contributed by atoms with Crippen LogP contribution in [0.4, 0.5) is 0 Å². The SMILES string of the molecule is COc1ccc(-c2csc(CCC(=O)NCCCNC(C)=O)n2)cc1. The number of hydrogen-bond acceptors (Lipinski definition) is 5. The van der Waals surface area contributed by atoms with Gasteiger partial charge in [-0.25, -0.2) is 4.98 Å². The van der Waals surface area contributed by atoms with Crippen LogP contribution in [0, 0.1) is 0 Å². The quantitative estimate of drug-likeness (QED) is 0.672. The molecule has 0 aliphatic heterocycles. The number of amides is 2. The lowest BCUT2D eigenvalue weighted by Crippen LogP contribution is -2.28. The summed E-state index contributed by atoms with van der Waals surface area (Å²) in [6, 6.07) is 7.75. The Balaban J connectivity index is 1.73. The van der Waals surface area contributed by atoms with Crippen LogP contribution in [0.25, 0.3) is 11.3 Å². The summed E-state index contributed by atoms with van der Waals surface area (Å²) in [4.78, 5) is 27.1. The number of nitrogens with one attached hydrogen (secondary N) is 2. The fourth-order valence-corrected chi connectivity index (χ4v) is 3.02. The van der Waals surface area contributed by atoms with E-state index in [2.05, 4.69) is 15.6 Å². The second-order valence-electron chi connectivity index (χ2n) is 5.54. The summed E-state index contributed by atoms with van der Waals surface area (Å²) in [7, 11) is 1.64. The highest BCUT2D eigenvalue weighted by Crippen LogP contribution is 2.24. The summed E-state index contributed by atoms with van der Waals surface area (Å²) in [5, 5.41) is 8.49. The van der Waals surface area contributed by atoms with Crippen molar-refractivity contribution in [2.45, 2.75) is 26.2 Å². The number of nitrogens with zero attached hydrogens (tertiary/aromatic N) is 1. The Kier molecular flexibility index (Phi) is 7.40. The van der Waals surface area contributed by atoms with Crippen LogP contribution < -0.4 is 15.4 Å². The maximum Gasteiger partial charge on any atom is 0.220 e. The Morgan fingerprint density at radius 2 is 1.88 bits per heavy atom. The predicted octanol–water partition coefficient (Wildman–Crippen LogP) is 2.39. The van der Waals surface area contributed by atoms with Gasteiger partial charge in [-0.05, 0) is 30.7 Å². The Bertz CT molecular complexity index is 698. The lowest BCUT2D eigenvalue weighted by Gasteiger charge is -2.05. The van der Waals surface area contributed by atoms with Gasteiger partial charge >= 0.3 is 0 Å². The third-order valence-electron chi connectivity index (χ3n) is 3.55. The van der Waals surface area contributed by atoms with Gasteiger partial charge in [0, 0.05) is 43.8 Å². The molecule has 2 aromatic rings. The number of rotatable bonds is 9. The molecule has 0 spiro atoms. The van der Waals surface area contributed by atoms with Crippen LogP contribution in [0.2, 0.25) is 0 Å². The molecule has 0 aliphatic rings. The fraction of sp³-hybridized carbons (Fsp3) is 0.389. The summed E-state index contributed by atoms with van der Waals surface area (Å²) in [6.45, 7) is 2.62. The average molecular weight is 361 g/mol. The second kappa shape index (κ2) is 9.78. The zero-order chi connectivity index (χ0) is 18.1. The molecule has 6 nitrogen and oxygen atoms in total. The van der Waals surface area contributed by atoms with Crippen LogP contribution in [0.15, 0.2) is 29.6 Å². The molecular weight excluding hydrogens is 338 g/mol. The summed E-state index contributed by atoms with van der Waals surface area (Å²) in [6.07, 6.45) is 1.76. The number of aryl methyl sites for hydroxylation is 1. The highest BCUT2D eigenvalue weighted by Gasteiger charge is 2.07. The number of aromatic nitrogens is 1. The molecule has 0 fully saturated rings. The van der Waals surface area contributed by atoms with Crippen molar-refractivity contribution >= 4 is 23.2 Å². The number of carbonyl (C=O) groups excluding carboxylic acids is 2. The van der Waals surface area contributed by atoms with E-state index in [0.717, 1.165) is 28.4 Å². The van der Waals surface area contributed by atoms with Crippen LogP contribution in [0.5, 0.6) is 5.75 Å². The number of thiazole rings is 1. The van der Waals surface area contributed by atoms with E-state index in [9.17, 15) is 9.59 Å². The Labute approximate surface area is 151 Å². The van der Waals surface area contributed by atoms with Crippen molar-refractivity contribution in [1.29, 1.82) is 0 Å². The first kappa shape index (κ1) is 18.9. The second-order valence-corrected chi connectivity index (χ2v) is 6.48. The topological polar surface area (TPSA) is 80.3 Å². The van der Waals surface area contributed by atoms with Gasteiger partial charge < -0.3 is 15.4 Å². The fourth-order valence-electron chi connectivity index (χ4n) is 2.21.